The van der Waals surface area contributed by atoms with Crippen molar-refractivity contribution in [3.8, 4) is 0 Å². The Hall–Kier alpha value is -1.52. The average molecular weight is 340 g/mol. The molecule has 2 aromatic rings. The molecule has 2 aromatic carbocycles. The maximum atomic E-state index is 12.2. The number of carbonyl (C=O) groups is 1. The summed E-state index contributed by atoms with van der Waals surface area (Å²) >= 11 is 9.33. The van der Waals surface area contributed by atoms with Crippen LogP contribution < -0.4 is 11.1 Å². The first-order chi connectivity index (χ1) is 8.99. The van der Waals surface area contributed by atoms with Gasteiger partial charge in [-0.1, -0.05) is 17.7 Å². The normalized spacial score (nSPS) is 10.3. The monoisotopic (exact) mass is 338 g/mol. The molecule has 0 radical (unpaired) electrons. The van der Waals surface area contributed by atoms with Gasteiger partial charge in [0.15, 0.2) is 0 Å². The summed E-state index contributed by atoms with van der Waals surface area (Å²) in [5, 5.41) is 3.36. The average Bonchev–Trinajstić information content (AvgIpc) is 2.34. The van der Waals surface area contributed by atoms with Crippen LogP contribution in [0.4, 0.5) is 11.4 Å². The summed E-state index contributed by atoms with van der Waals surface area (Å²) in [5.41, 5.74) is 8.35. The van der Waals surface area contributed by atoms with Gasteiger partial charge in [0.05, 0.1) is 15.2 Å². The highest BCUT2D eigenvalue weighted by molar-refractivity contribution is 9.10. The van der Waals surface area contributed by atoms with Crippen LogP contribution in [0.3, 0.4) is 0 Å². The molecule has 3 N–H and O–H groups in total. The van der Waals surface area contributed by atoms with Crippen molar-refractivity contribution < 1.29 is 4.79 Å². The lowest BCUT2D eigenvalue weighted by molar-refractivity contribution is 0.102. The molecule has 1 amide bonds. The Bertz CT molecular complexity index is 643. The van der Waals surface area contributed by atoms with Gasteiger partial charge in [0.1, 0.15) is 0 Å². The summed E-state index contributed by atoms with van der Waals surface area (Å²) in [6.07, 6.45) is 0. The molecule has 0 unspecified atom stereocenters. The highest BCUT2D eigenvalue weighted by Gasteiger charge is 2.12. The van der Waals surface area contributed by atoms with Gasteiger partial charge < -0.3 is 11.1 Å². The minimum absolute atomic E-state index is 0.194. The number of halogens is 2. The zero-order valence-electron chi connectivity index (χ0n) is 10.2. The minimum Gasteiger partial charge on any atom is -0.399 e. The fourth-order valence-corrected chi connectivity index (χ4v) is 2.27. The largest absolute Gasteiger partial charge is 0.399 e. The van der Waals surface area contributed by atoms with Gasteiger partial charge >= 0.3 is 0 Å². The van der Waals surface area contributed by atoms with Crippen molar-refractivity contribution in [1.29, 1.82) is 0 Å². The third-order valence-corrected chi connectivity index (χ3v) is 4.09. The second kappa shape index (κ2) is 5.63. The van der Waals surface area contributed by atoms with Crippen LogP contribution in [0, 0.1) is 6.92 Å². The van der Waals surface area contributed by atoms with Crippen molar-refractivity contribution in [1.82, 2.24) is 0 Å². The molecule has 0 atom stereocenters. The smallest absolute Gasteiger partial charge is 0.255 e. The summed E-state index contributed by atoms with van der Waals surface area (Å²) < 4.78 is 0.665. The van der Waals surface area contributed by atoms with Crippen molar-refractivity contribution in [3.63, 3.8) is 0 Å². The number of nitrogens with one attached hydrogen (secondary N) is 1. The van der Waals surface area contributed by atoms with E-state index in [1.807, 2.05) is 6.92 Å². The van der Waals surface area contributed by atoms with Crippen LogP contribution in [-0.4, -0.2) is 5.91 Å². The minimum atomic E-state index is -0.194. The molecule has 19 heavy (non-hydrogen) atoms. The van der Waals surface area contributed by atoms with Crippen LogP contribution in [0.2, 0.25) is 5.02 Å². The SMILES string of the molecule is Cc1cc(N)ccc1C(=O)Nc1cccc(Cl)c1Br. The number of rotatable bonds is 2. The highest BCUT2D eigenvalue weighted by atomic mass is 79.9. The van der Waals surface area contributed by atoms with Crippen molar-refractivity contribution in [2.45, 2.75) is 6.92 Å². The molecule has 0 aromatic heterocycles. The molecule has 5 heteroatoms. The first-order valence-electron chi connectivity index (χ1n) is 5.60. The molecule has 0 bridgehead atoms. The molecule has 0 aliphatic rings. The molecular weight excluding hydrogens is 328 g/mol. The van der Waals surface area contributed by atoms with E-state index in [0.717, 1.165) is 5.56 Å². The van der Waals surface area contributed by atoms with E-state index in [1.54, 1.807) is 36.4 Å². The molecule has 2 rings (SSSR count). The van der Waals surface area contributed by atoms with Crippen molar-refractivity contribution in [2.75, 3.05) is 11.1 Å². The Morgan fingerprint density at radius 3 is 2.74 bits per heavy atom. The Kier molecular flexibility index (Phi) is 4.12. The van der Waals surface area contributed by atoms with E-state index in [2.05, 4.69) is 21.2 Å². The van der Waals surface area contributed by atoms with Crippen molar-refractivity contribution >= 4 is 44.8 Å². The Labute approximate surface area is 124 Å². The van der Waals surface area contributed by atoms with Crippen LogP contribution in [0.25, 0.3) is 0 Å². The van der Waals surface area contributed by atoms with Gasteiger partial charge in [0, 0.05) is 11.3 Å². The summed E-state index contributed by atoms with van der Waals surface area (Å²) in [5.74, 6) is -0.194. The first-order valence-corrected chi connectivity index (χ1v) is 6.77. The number of carbonyl (C=O) groups excluding carboxylic acids is 1. The number of amides is 1. The molecule has 98 valence electrons. The van der Waals surface area contributed by atoms with Crippen LogP contribution in [-0.2, 0) is 0 Å². The number of benzene rings is 2. The number of hydrogen-bond acceptors (Lipinski definition) is 2. The molecule has 0 saturated carbocycles. The van der Waals surface area contributed by atoms with Crippen molar-refractivity contribution in [3.05, 3.63) is 57.0 Å². The van der Waals surface area contributed by atoms with Crippen molar-refractivity contribution in [2.24, 2.45) is 0 Å². The predicted molar refractivity (Wildman–Crippen MR) is 82.7 cm³/mol. The first kappa shape index (κ1) is 13.9. The highest BCUT2D eigenvalue weighted by Crippen LogP contribution is 2.30. The summed E-state index contributed by atoms with van der Waals surface area (Å²) in [6.45, 7) is 1.85. The van der Waals surface area contributed by atoms with E-state index in [-0.39, 0.29) is 5.91 Å². The van der Waals surface area contributed by atoms with E-state index in [1.165, 1.54) is 0 Å². The van der Waals surface area contributed by atoms with Gasteiger partial charge in [0.25, 0.3) is 5.91 Å². The van der Waals surface area contributed by atoms with Crippen LogP contribution in [0.1, 0.15) is 15.9 Å². The molecule has 0 saturated heterocycles. The zero-order valence-corrected chi connectivity index (χ0v) is 12.5. The van der Waals surface area contributed by atoms with E-state index in [4.69, 9.17) is 17.3 Å². The number of hydrogen-bond donors (Lipinski definition) is 2. The quantitative estimate of drug-likeness (QED) is 0.804. The molecule has 0 heterocycles. The fourth-order valence-electron chi connectivity index (χ4n) is 1.73. The summed E-state index contributed by atoms with van der Waals surface area (Å²) in [6, 6.07) is 10.5. The molecule has 0 aliphatic carbocycles. The predicted octanol–water partition coefficient (Wildman–Crippen LogP) is 4.25. The lowest BCUT2D eigenvalue weighted by Gasteiger charge is -2.10. The third kappa shape index (κ3) is 3.08. The lowest BCUT2D eigenvalue weighted by Crippen LogP contribution is -2.14. The maximum absolute atomic E-state index is 12.2. The molecular formula is C14H12BrClN2O. The van der Waals surface area contributed by atoms with Gasteiger partial charge in [-0.15, -0.1) is 0 Å². The Morgan fingerprint density at radius 2 is 2.05 bits per heavy atom. The van der Waals surface area contributed by atoms with Gasteiger partial charge in [-0.2, -0.15) is 0 Å². The Morgan fingerprint density at radius 1 is 1.32 bits per heavy atom. The number of aryl methyl sites for hydroxylation is 1. The van der Waals surface area contributed by atoms with Gasteiger partial charge in [0.2, 0.25) is 0 Å². The van der Waals surface area contributed by atoms with Crippen LogP contribution in [0.5, 0.6) is 0 Å². The van der Waals surface area contributed by atoms with E-state index in [0.29, 0.717) is 26.4 Å². The van der Waals surface area contributed by atoms with Crippen LogP contribution >= 0.6 is 27.5 Å². The second-order valence-electron chi connectivity index (χ2n) is 4.13. The summed E-state index contributed by atoms with van der Waals surface area (Å²) in [7, 11) is 0. The lowest BCUT2D eigenvalue weighted by atomic mass is 10.1. The number of nitrogen functional groups attached to an aromatic ring is 1. The maximum Gasteiger partial charge on any atom is 0.255 e. The van der Waals surface area contributed by atoms with E-state index < -0.39 is 0 Å². The van der Waals surface area contributed by atoms with E-state index >= 15 is 0 Å². The molecule has 0 aliphatic heterocycles. The topological polar surface area (TPSA) is 55.1 Å². The number of nitrogens with two attached hydrogens (primary N) is 1. The van der Waals surface area contributed by atoms with Crippen LogP contribution in [0.15, 0.2) is 40.9 Å². The standard InChI is InChI=1S/C14H12BrClN2O/c1-8-7-9(17)5-6-10(8)14(19)18-12-4-2-3-11(16)13(12)15/h2-7H,17H2,1H3,(H,18,19). The summed E-state index contributed by atoms with van der Waals surface area (Å²) in [4.78, 5) is 12.2. The fraction of sp³-hybridized carbons (Fsp3) is 0.0714. The third-order valence-electron chi connectivity index (χ3n) is 2.69. The molecule has 3 nitrogen and oxygen atoms in total. The van der Waals surface area contributed by atoms with E-state index in [9.17, 15) is 4.79 Å². The molecule has 0 spiro atoms. The van der Waals surface area contributed by atoms with Gasteiger partial charge in [-0.3, -0.25) is 4.79 Å². The Balaban J connectivity index is 2.28. The second-order valence-corrected chi connectivity index (χ2v) is 5.33. The van der Waals surface area contributed by atoms with Gasteiger partial charge in [-0.05, 0) is 58.7 Å². The zero-order chi connectivity index (χ0) is 14.0. The molecule has 0 fully saturated rings. The number of anilines is 2. The van der Waals surface area contributed by atoms with Gasteiger partial charge in [-0.25, -0.2) is 0 Å².